The van der Waals surface area contributed by atoms with Gasteiger partial charge < -0.3 is 5.11 Å². The second-order valence-electron chi connectivity index (χ2n) is 4.73. The zero-order valence-corrected chi connectivity index (χ0v) is 10.2. The summed E-state index contributed by atoms with van der Waals surface area (Å²) in [6.07, 6.45) is 2.44. The maximum absolute atomic E-state index is 9.56. The van der Waals surface area contributed by atoms with E-state index in [1.165, 1.54) is 0 Å². The van der Waals surface area contributed by atoms with Crippen molar-refractivity contribution in [1.29, 1.82) is 0 Å². The number of aliphatic hydroxyl groups is 1. The molecule has 19 heavy (non-hydrogen) atoms. The van der Waals surface area contributed by atoms with Crippen molar-refractivity contribution in [2.24, 2.45) is 10.2 Å². The fraction of sp³-hybridized carbons (Fsp3) is 0.133. The average molecular weight is 249 g/mol. The molecule has 1 N–H and O–H groups in total. The molecular formula is C15H11N3O. The predicted molar refractivity (Wildman–Crippen MR) is 72.5 cm³/mol. The Morgan fingerprint density at radius 3 is 3.00 bits per heavy atom. The largest absolute Gasteiger partial charge is 0.392 e. The Morgan fingerprint density at radius 1 is 1.21 bits per heavy atom. The minimum absolute atomic E-state index is 0.0168. The summed E-state index contributed by atoms with van der Waals surface area (Å²) < 4.78 is 0. The van der Waals surface area contributed by atoms with Crippen molar-refractivity contribution >= 4 is 22.2 Å². The van der Waals surface area contributed by atoms with Gasteiger partial charge in [0.15, 0.2) is 0 Å². The third kappa shape index (κ3) is 1.47. The zero-order valence-electron chi connectivity index (χ0n) is 10.2. The normalized spacial score (nSPS) is 16.6. The van der Waals surface area contributed by atoms with E-state index in [1.807, 2.05) is 24.3 Å². The summed E-state index contributed by atoms with van der Waals surface area (Å²) in [7, 11) is 0. The van der Waals surface area contributed by atoms with Crippen LogP contribution in [0.15, 0.2) is 52.3 Å². The lowest BCUT2D eigenvalue weighted by Gasteiger charge is -2.12. The summed E-state index contributed by atoms with van der Waals surface area (Å²) >= 11 is 0. The number of para-hydroxylation sites is 1. The van der Waals surface area contributed by atoms with Crippen LogP contribution < -0.4 is 10.6 Å². The molecule has 1 aliphatic carbocycles. The highest BCUT2D eigenvalue weighted by atomic mass is 16.3. The van der Waals surface area contributed by atoms with Gasteiger partial charge in [-0.25, -0.2) is 4.98 Å². The van der Waals surface area contributed by atoms with Crippen LogP contribution in [0.2, 0.25) is 0 Å². The molecule has 0 unspecified atom stereocenters. The molecule has 1 aromatic heterocycles. The summed E-state index contributed by atoms with van der Waals surface area (Å²) in [5.74, 6) is 0. The van der Waals surface area contributed by atoms with Gasteiger partial charge in [-0.05, 0) is 17.7 Å². The molecular weight excluding hydrogens is 238 g/mol. The molecule has 2 aliphatic rings. The lowest BCUT2D eigenvalue weighted by atomic mass is 9.96. The number of pyridine rings is 1. The Kier molecular flexibility index (Phi) is 2.13. The van der Waals surface area contributed by atoms with E-state index in [4.69, 9.17) is 0 Å². The van der Waals surface area contributed by atoms with Crippen LogP contribution in [0, 0.1) is 0 Å². The van der Waals surface area contributed by atoms with Crippen molar-refractivity contribution < 1.29 is 5.11 Å². The Hall–Kier alpha value is -2.33. The summed E-state index contributed by atoms with van der Waals surface area (Å²) in [6, 6.07) is 10.1. The second kappa shape index (κ2) is 3.83. The van der Waals surface area contributed by atoms with Crippen molar-refractivity contribution in [3.05, 3.63) is 52.7 Å². The van der Waals surface area contributed by atoms with Gasteiger partial charge in [0.1, 0.15) is 5.70 Å². The molecule has 4 rings (SSSR count). The highest BCUT2D eigenvalue weighted by Crippen LogP contribution is 2.27. The second-order valence-corrected chi connectivity index (χ2v) is 4.73. The Bertz CT molecular complexity index is 878. The molecule has 92 valence electrons. The average Bonchev–Trinajstić information content (AvgIpc) is 2.93. The Balaban J connectivity index is 2.25. The maximum Gasteiger partial charge on any atom is 0.100 e. The van der Waals surface area contributed by atoms with Crippen molar-refractivity contribution in [1.82, 2.24) is 4.98 Å². The highest BCUT2D eigenvalue weighted by Gasteiger charge is 2.19. The lowest BCUT2D eigenvalue weighted by Crippen LogP contribution is -2.36. The first-order chi connectivity index (χ1) is 9.36. The number of hydrogen-bond donors (Lipinski definition) is 1. The van der Waals surface area contributed by atoms with Crippen LogP contribution in [0.25, 0.3) is 22.2 Å². The molecule has 1 aromatic carbocycles. The number of aromatic nitrogens is 1. The quantitative estimate of drug-likeness (QED) is 0.826. The number of hydrogen-bond acceptors (Lipinski definition) is 4. The minimum Gasteiger partial charge on any atom is -0.392 e. The number of fused-ring (bicyclic) bond motifs is 3. The molecule has 2 heterocycles. The Labute approximate surface area is 109 Å². The molecule has 1 aliphatic heterocycles. The van der Waals surface area contributed by atoms with E-state index < -0.39 is 0 Å². The molecule has 0 radical (unpaired) electrons. The summed E-state index contributed by atoms with van der Waals surface area (Å²) in [5.41, 5.74) is 3.83. The van der Waals surface area contributed by atoms with Crippen LogP contribution in [0.3, 0.4) is 0 Å². The van der Waals surface area contributed by atoms with Gasteiger partial charge in [-0.1, -0.05) is 18.2 Å². The maximum atomic E-state index is 9.56. The third-order valence-electron chi connectivity index (χ3n) is 3.58. The summed E-state index contributed by atoms with van der Waals surface area (Å²) in [5, 5.41) is 20.6. The number of azo groups is 1. The van der Waals surface area contributed by atoms with Crippen LogP contribution in [-0.4, -0.2) is 16.7 Å². The van der Waals surface area contributed by atoms with Gasteiger partial charge in [-0.15, -0.1) is 0 Å². The zero-order chi connectivity index (χ0) is 12.8. The molecule has 2 aromatic rings. The monoisotopic (exact) mass is 249 g/mol. The topological polar surface area (TPSA) is 57.8 Å². The van der Waals surface area contributed by atoms with E-state index in [1.54, 1.807) is 6.20 Å². The van der Waals surface area contributed by atoms with Crippen molar-refractivity contribution in [2.75, 3.05) is 6.61 Å². The molecule has 0 saturated carbocycles. The number of rotatable bonds is 1. The molecule has 0 spiro atoms. The van der Waals surface area contributed by atoms with Crippen molar-refractivity contribution in [3.63, 3.8) is 0 Å². The smallest absolute Gasteiger partial charge is 0.100 e. The van der Waals surface area contributed by atoms with Crippen LogP contribution in [0.1, 0.15) is 6.42 Å². The molecule has 0 atom stereocenters. The Morgan fingerprint density at radius 2 is 2.11 bits per heavy atom. The first-order valence-electron chi connectivity index (χ1n) is 6.20. The van der Waals surface area contributed by atoms with E-state index in [0.29, 0.717) is 6.42 Å². The van der Waals surface area contributed by atoms with Gasteiger partial charge in [0, 0.05) is 22.6 Å². The molecule has 0 amide bonds. The van der Waals surface area contributed by atoms with Gasteiger partial charge in [0.05, 0.1) is 23.7 Å². The predicted octanol–water partition coefficient (Wildman–Crippen LogP) is 1.24. The number of aliphatic hydroxyl groups excluding tert-OH is 1. The van der Waals surface area contributed by atoms with Gasteiger partial charge in [0.25, 0.3) is 0 Å². The standard InChI is InChI=1S/C15H11N3O/c19-8-11-5-10-7-16-18-15(10)12-6-9-3-1-2-4-13(9)17-14(11)12/h1-4,6-7,19H,5,8H2. The van der Waals surface area contributed by atoms with E-state index in [9.17, 15) is 5.11 Å². The van der Waals surface area contributed by atoms with Crippen molar-refractivity contribution in [3.8, 4) is 0 Å². The first-order valence-corrected chi connectivity index (χ1v) is 6.20. The van der Waals surface area contributed by atoms with Crippen LogP contribution in [-0.2, 0) is 0 Å². The van der Waals surface area contributed by atoms with Gasteiger partial charge in [-0.3, -0.25) is 0 Å². The molecule has 0 fully saturated rings. The van der Waals surface area contributed by atoms with E-state index >= 15 is 0 Å². The van der Waals surface area contributed by atoms with Crippen LogP contribution >= 0.6 is 0 Å². The summed E-state index contributed by atoms with van der Waals surface area (Å²) in [6.45, 7) is 0.0168. The first kappa shape index (κ1) is 10.6. The van der Waals surface area contributed by atoms with Gasteiger partial charge in [-0.2, -0.15) is 10.2 Å². The SMILES string of the molecule is OCC1=c2nc3ccccc3cc2=C2N=NC=C2C1. The van der Waals surface area contributed by atoms with Crippen LogP contribution in [0.5, 0.6) is 0 Å². The van der Waals surface area contributed by atoms with E-state index in [0.717, 1.165) is 38.3 Å². The minimum atomic E-state index is 0.0168. The number of nitrogens with zero attached hydrogens (tertiary/aromatic N) is 3. The third-order valence-corrected chi connectivity index (χ3v) is 3.58. The fourth-order valence-electron chi connectivity index (χ4n) is 2.65. The van der Waals surface area contributed by atoms with Gasteiger partial charge >= 0.3 is 0 Å². The summed E-state index contributed by atoms with van der Waals surface area (Å²) in [4.78, 5) is 4.68. The van der Waals surface area contributed by atoms with Crippen LogP contribution in [0.4, 0.5) is 0 Å². The molecule has 4 nitrogen and oxygen atoms in total. The fourth-order valence-corrected chi connectivity index (χ4v) is 2.65. The lowest BCUT2D eigenvalue weighted by molar-refractivity contribution is 0.346. The number of benzene rings is 1. The molecule has 0 saturated heterocycles. The van der Waals surface area contributed by atoms with E-state index in [-0.39, 0.29) is 6.61 Å². The molecule has 0 bridgehead atoms. The van der Waals surface area contributed by atoms with E-state index in [2.05, 4.69) is 21.3 Å². The van der Waals surface area contributed by atoms with Crippen molar-refractivity contribution in [2.45, 2.75) is 6.42 Å². The van der Waals surface area contributed by atoms with Gasteiger partial charge in [0.2, 0.25) is 0 Å². The highest BCUT2D eigenvalue weighted by molar-refractivity contribution is 5.82. The molecule has 4 heteroatoms.